The van der Waals surface area contributed by atoms with Gasteiger partial charge in [0.1, 0.15) is 0 Å². The SMILES string of the molecule is NN(C(=O)c1csc2ccccc12)C1C=CCCC1. The Balaban J connectivity index is 1.91. The number of benzene rings is 1. The molecule has 1 aromatic carbocycles. The molecule has 0 radical (unpaired) electrons. The summed E-state index contributed by atoms with van der Waals surface area (Å²) in [5, 5.41) is 4.27. The van der Waals surface area contributed by atoms with Crippen LogP contribution in [0.4, 0.5) is 0 Å². The highest BCUT2D eigenvalue weighted by molar-refractivity contribution is 7.17. The highest BCUT2D eigenvalue weighted by Crippen LogP contribution is 2.27. The number of hydrazine groups is 1. The average molecular weight is 272 g/mol. The highest BCUT2D eigenvalue weighted by Gasteiger charge is 2.23. The third kappa shape index (κ3) is 2.29. The molecule has 0 saturated carbocycles. The molecule has 0 spiro atoms. The fourth-order valence-electron chi connectivity index (χ4n) is 2.46. The van der Waals surface area contributed by atoms with Crippen molar-refractivity contribution in [3.05, 3.63) is 47.4 Å². The van der Waals surface area contributed by atoms with Gasteiger partial charge >= 0.3 is 0 Å². The zero-order valence-electron chi connectivity index (χ0n) is 10.6. The van der Waals surface area contributed by atoms with Crippen molar-refractivity contribution >= 4 is 27.3 Å². The molecular weight excluding hydrogens is 256 g/mol. The first-order valence-corrected chi connectivity index (χ1v) is 7.36. The molecular formula is C15H16N2OS. The molecule has 1 aliphatic rings. The predicted octanol–water partition coefficient (Wildman–Crippen LogP) is 3.33. The van der Waals surface area contributed by atoms with E-state index in [0.717, 1.165) is 29.3 Å². The molecule has 0 aliphatic heterocycles. The van der Waals surface area contributed by atoms with Crippen LogP contribution >= 0.6 is 11.3 Å². The monoisotopic (exact) mass is 272 g/mol. The Kier molecular flexibility index (Phi) is 3.36. The van der Waals surface area contributed by atoms with Crippen LogP contribution in [0.1, 0.15) is 29.6 Å². The lowest BCUT2D eigenvalue weighted by molar-refractivity contribution is 0.0704. The number of amides is 1. The van der Waals surface area contributed by atoms with E-state index in [-0.39, 0.29) is 11.9 Å². The highest BCUT2D eigenvalue weighted by atomic mass is 32.1. The first-order chi connectivity index (χ1) is 9.27. The van der Waals surface area contributed by atoms with Crippen LogP contribution in [-0.2, 0) is 0 Å². The Bertz CT molecular complexity index is 632. The van der Waals surface area contributed by atoms with Gasteiger partial charge in [0.2, 0.25) is 0 Å². The van der Waals surface area contributed by atoms with E-state index < -0.39 is 0 Å². The van der Waals surface area contributed by atoms with Crippen LogP contribution in [0.3, 0.4) is 0 Å². The first kappa shape index (κ1) is 12.4. The number of carbonyl (C=O) groups excluding carboxylic acids is 1. The van der Waals surface area contributed by atoms with Crippen LogP contribution in [-0.4, -0.2) is 17.0 Å². The Morgan fingerprint density at radius 1 is 1.37 bits per heavy atom. The van der Waals surface area contributed by atoms with Crippen LogP contribution in [0, 0.1) is 0 Å². The Morgan fingerprint density at radius 2 is 2.21 bits per heavy atom. The summed E-state index contributed by atoms with van der Waals surface area (Å²) in [6, 6.07) is 7.96. The molecule has 3 nitrogen and oxygen atoms in total. The van der Waals surface area contributed by atoms with Crippen LogP contribution in [0.2, 0.25) is 0 Å². The van der Waals surface area contributed by atoms with Gasteiger partial charge < -0.3 is 0 Å². The lowest BCUT2D eigenvalue weighted by Crippen LogP contribution is -2.45. The second-order valence-corrected chi connectivity index (χ2v) is 5.70. The fraction of sp³-hybridized carbons (Fsp3) is 0.267. The summed E-state index contributed by atoms with van der Waals surface area (Å²) in [6.07, 6.45) is 7.26. The summed E-state index contributed by atoms with van der Waals surface area (Å²) in [5.74, 6) is 5.92. The van der Waals surface area contributed by atoms with Crippen molar-refractivity contribution in [2.75, 3.05) is 0 Å². The molecule has 4 heteroatoms. The molecule has 1 aromatic heterocycles. The quantitative estimate of drug-likeness (QED) is 0.394. The standard InChI is InChI=1S/C15H16N2OS/c16-17(11-6-2-1-3-7-11)15(18)13-10-19-14-9-5-4-8-12(13)14/h2,4-6,8-11H,1,3,7,16H2. The van der Waals surface area contributed by atoms with E-state index in [4.69, 9.17) is 5.84 Å². The molecule has 3 rings (SSSR count). The summed E-state index contributed by atoms with van der Waals surface area (Å²) in [4.78, 5) is 12.5. The number of fused-ring (bicyclic) bond motifs is 1. The minimum atomic E-state index is -0.0889. The molecule has 2 N–H and O–H groups in total. The number of nitrogens with two attached hydrogens (primary N) is 1. The van der Waals surface area contributed by atoms with Crippen LogP contribution in [0.15, 0.2) is 41.8 Å². The molecule has 1 unspecified atom stereocenters. The van der Waals surface area contributed by atoms with Crippen molar-refractivity contribution in [3.8, 4) is 0 Å². The number of rotatable bonds is 2. The zero-order chi connectivity index (χ0) is 13.2. The van der Waals surface area contributed by atoms with Gasteiger partial charge in [0, 0.05) is 15.5 Å². The maximum Gasteiger partial charge on any atom is 0.269 e. The van der Waals surface area contributed by atoms with Crippen molar-refractivity contribution < 1.29 is 4.79 Å². The lowest BCUT2D eigenvalue weighted by Gasteiger charge is -2.26. The van der Waals surface area contributed by atoms with E-state index in [1.807, 2.05) is 35.7 Å². The van der Waals surface area contributed by atoms with Crippen LogP contribution < -0.4 is 5.84 Å². The third-order valence-corrected chi connectivity index (χ3v) is 4.50. The number of thiophene rings is 1. The summed E-state index contributed by atoms with van der Waals surface area (Å²) in [7, 11) is 0. The van der Waals surface area contributed by atoms with Gasteiger partial charge in [-0.25, -0.2) is 5.84 Å². The van der Waals surface area contributed by atoms with E-state index in [1.165, 1.54) is 5.01 Å². The van der Waals surface area contributed by atoms with Gasteiger partial charge in [0.05, 0.1) is 11.6 Å². The van der Waals surface area contributed by atoms with Crippen molar-refractivity contribution in [1.82, 2.24) is 5.01 Å². The second-order valence-electron chi connectivity index (χ2n) is 4.78. The maximum atomic E-state index is 12.5. The molecule has 1 atom stereocenters. The zero-order valence-corrected chi connectivity index (χ0v) is 11.4. The van der Waals surface area contributed by atoms with Gasteiger partial charge in [0.25, 0.3) is 5.91 Å². The molecule has 2 aromatic rings. The van der Waals surface area contributed by atoms with Crippen LogP contribution in [0.5, 0.6) is 0 Å². The Hall–Kier alpha value is -1.65. The molecule has 19 heavy (non-hydrogen) atoms. The topological polar surface area (TPSA) is 46.3 Å². The number of hydrogen-bond donors (Lipinski definition) is 1. The Morgan fingerprint density at radius 3 is 3.00 bits per heavy atom. The van der Waals surface area contributed by atoms with Crippen molar-refractivity contribution in [2.45, 2.75) is 25.3 Å². The molecule has 98 valence electrons. The number of carbonyl (C=O) groups is 1. The van der Waals surface area contributed by atoms with Gasteiger partial charge in [-0.05, 0) is 25.3 Å². The largest absolute Gasteiger partial charge is 0.270 e. The van der Waals surface area contributed by atoms with Gasteiger partial charge in [-0.3, -0.25) is 9.80 Å². The molecule has 1 amide bonds. The van der Waals surface area contributed by atoms with E-state index in [2.05, 4.69) is 6.08 Å². The normalized spacial score (nSPS) is 18.7. The third-order valence-electron chi connectivity index (χ3n) is 3.53. The summed E-state index contributed by atoms with van der Waals surface area (Å²) >= 11 is 1.59. The first-order valence-electron chi connectivity index (χ1n) is 6.48. The van der Waals surface area contributed by atoms with Gasteiger partial charge in [0.15, 0.2) is 0 Å². The second kappa shape index (κ2) is 5.15. The molecule has 0 fully saturated rings. The lowest BCUT2D eigenvalue weighted by atomic mass is 10.0. The molecule has 1 heterocycles. The molecule has 1 aliphatic carbocycles. The minimum Gasteiger partial charge on any atom is -0.270 e. The van der Waals surface area contributed by atoms with Gasteiger partial charge in [-0.2, -0.15) is 0 Å². The summed E-state index contributed by atoms with van der Waals surface area (Å²) in [6.45, 7) is 0. The van der Waals surface area contributed by atoms with E-state index in [0.29, 0.717) is 5.56 Å². The minimum absolute atomic E-state index is 0.0277. The fourth-order valence-corrected chi connectivity index (χ4v) is 3.39. The van der Waals surface area contributed by atoms with E-state index >= 15 is 0 Å². The number of nitrogens with zero attached hydrogens (tertiary/aromatic N) is 1. The van der Waals surface area contributed by atoms with Crippen molar-refractivity contribution in [2.24, 2.45) is 5.84 Å². The predicted molar refractivity (Wildman–Crippen MR) is 79.0 cm³/mol. The molecule has 0 bridgehead atoms. The van der Waals surface area contributed by atoms with Gasteiger partial charge in [-0.15, -0.1) is 11.3 Å². The molecule has 0 saturated heterocycles. The maximum absolute atomic E-state index is 12.5. The van der Waals surface area contributed by atoms with Crippen LogP contribution in [0.25, 0.3) is 10.1 Å². The van der Waals surface area contributed by atoms with E-state index in [1.54, 1.807) is 11.3 Å². The summed E-state index contributed by atoms with van der Waals surface area (Å²) < 4.78 is 1.12. The summed E-state index contributed by atoms with van der Waals surface area (Å²) in [5.41, 5.74) is 0.710. The van der Waals surface area contributed by atoms with Gasteiger partial charge in [-0.1, -0.05) is 30.4 Å². The number of allylic oxidation sites excluding steroid dienone is 1. The number of hydrogen-bond acceptors (Lipinski definition) is 3. The average Bonchev–Trinajstić information content (AvgIpc) is 2.90. The van der Waals surface area contributed by atoms with Crippen molar-refractivity contribution in [1.29, 1.82) is 0 Å². The van der Waals surface area contributed by atoms with E-state index in [9.17, 15) is 4.79 Å². The Labute approximate surface area is 116 Å². The van der Waals surface area contributed by atoms with Crippen molar-refractivity contribution in [3.63, 3.8) is 0 Å². The smallest absolute Gasteiger partial charge is 0.269 e.